The Bertz CT molecular complexity index is 906. The fourth-order valence-electron chi connectivity index (χ4n) is 2.98. The third-order valence-electron chi connectivity index (χ3n) is 5.17. The number of rotatable bonds is 10. The average molecular weight is 510 g/mol. The van der Waals surface area contributed by atoms with Crippen LogP contribution in [0.2, 0.25) is 5.02 Å². The van der Waals surface area contributed by atoms with Crippen LogP contribution in [0, 0.1) is 0 Å². The van der Waals surface area contributed by atoms with Crippen LogP contribution in [0.3, 0.4) is 0 Å². The summed E-state index contributed by atoms with van der Waals surface area (Å²) in [4.78, 5) is 27.4. The van der Waals surface area contributed by atoms with Gasteiger partial charge in [-0.2, -0.15) is 0 Å². The standard InChI is InChI=1S/C24H30BrClN2O3/c1-5-16(3)27-24(30)17(4)28(14-19-8-7-9-20(26)12-19)23(29)15-31-22-11-10-18(6-2)13-21(22)25/h7-13,16-17H,5-6,14-15H2,1-4H3,(H,27,30). The Morgan fingerprint density at radius 1 is 1.13 bits per heavy atom. The molecule has 0 aliphatic heterocycles. The minimum absolute atomic E-state index is 0.0300. The van der Waals surface area contributed by atoms with Crippen molar-refractivity contribution in [3.8, 4) is 5.75 Å². The van der Waals surface area contributed by atoms with Crippen LogP contribution in [0.4, 0.5) is 0 Å². The molecule has 0 saturated carbocycles. The number of nitrogens with one attached hydrogen (secondary N) is 1. The molecule has 168 valence electrons. The van der Waals surface area contributed by atoms with Crippen molar-refractivity contribution in [2.45, 2.75) is 59.2 Å². The van der Waals surface area contributed by atoms with Crippen molar-refractivity contribution in [3.05, 3.63) is 63.1 Å². The zero-order chi connectivity index (χ0) is 23.0. The maximum Gasteiger partial charge on any atom is 0.261 e. The summed E-state index contributed by atoms with van der Waals surface area (Å²) < 4.78 is 6.57. The number of nitrogens with zero attached hydrogens (tertiary/aromatic N) is 1. The maximum atomic E-state index is 13.1. The minimum Gasteiger partial charge on any atom is -0.483 e. The Kier molecular flexibility index (Phi) is 9.85. The van der Waals surface area contributed by atoms with Crippen molar-refractivity contribution in [2.75, 3.05) is 6.61 Å². The van der Waals surface area contributed by atoms with Crippen molar-refractivity contribution in [2.24, 2.45) is 0 Å². The minimum atomic E-state index is -0.657. The van der Waals surface area contributed by atoms with Crippen LogP contribution in [-0.2, 0) is 22.6 Å². The predicted molar refractivity (Wildman–Crippen MR) is 128 cm³/mol. The van der Waals surface area contributed by atoms with Crippen molar-refractivity contribution in [3.63, 3.8) is 0 Å². The van der Waals surface area contributed by atoms with Gasteiger partial charge in [0.2, 0.25) is 5.91 Å². The molecule has 0 fully saturated rings. The van der Waals surface area contributed by atoms with Gasteiger partial charge in [0.1, 0.15) is 11.8 Å². The number of ether oxygens (including phenoxy) is 1. The predicted octanol–water partition coefficient (Wildman–Crippen LogP) is 5.38. The first-order valence-electron chi connectivity index (χ1n) is 10.5. The highest BCUT2D eigenvalue weighted by Gasteiger charge is 2.27. The van der Waals surface area contributed by atoms with E-state index in [1.165, 1.54) is 10.5 Å². The summed E-state index contributed by atoms with van der Waals surface area (Å²) in [6.45, 7) is 7.82. The molecule has 2 aromatic carbocycles. The molecule has 2 rings (SSSR count). The molecule has 5 nitrogen and oxygen atoms in total. The lowest BCUT2D eigenvalue weighted by atomic mass is 10.1. The Morgan fingerprint density at radius 2 is 1.87 bits per heavy atom. The third-order valence-corrected chi connectivity index (χ3v) is 6.02. The first-order chi connectivity index (χ1) is 14.7. The molecule has 0 radical (unpaired) electrons. The molecule has 0 saturated heterocycles. The van der Waals surface area contributed by atoms with Gasteiger partial charge in [0.15, 0.2) is 6.61 Å². The van der Waals surface area contributed by atoms with E-state index in [4.69, 9.17) is 16.3 Å². The normalized spacial score (nSPS) is 12.7. The highest BCUT2D eigenvalue weighted by molar-refractivity contribution is 9.10. The molecule has 0 heterocycles. The quantitative estimate of drug-likeness (QED) is 0.468. The van der Waals surface area contributed by atoms with Crippen LogP contribution in [0.25, 0.3) is 0 Å². The van der Waals surface area contributed by atoms with E-state index in [0.717, 1.165) is 22.9 Å². The van der Waals surface area contributed by atoms with Crippen molar-refractivity contribution < 1.29 is 14.3 Å². The van der Waals surface area contributed by atoms with Crippen molar-refractivity contribution in [1.82, 2.24) is 10.2 Å². The second kappa shape index (κ2) is 12.1. The molecule has 0 aliphatic rings. The van der Waals surface area contributed by atoms with Crippen molar-refractivity contribution >= 4 is 39.3 Å². The lowest BCUT2D eigenvalue weighted by molar-refractivity contribution is -0.142. The van der Waals surface area contributed by atoms with Gasteiger partial charge in [-0.3, -0.25) is 9.59 Å². The number of carbonyl (C=O) groups excluding carboxylic acids is 2. The Morgan fingerprint density at radius 3 is 2.48 bits per heavy atom. The van der Waals surface area contributed by atoms with E-state index < -0.39 is 6.04 Å². The SMILES string of the molecule is CCc1ccc(OCC(=O)N(Cc2cccc(Cl)c2)C(C)C(=O)NC(C)CC)c(Br)c1. The molecule has 2 unspecified atom stereocenters. The lowest BCUT2D eigenvalue weighted by Gasteiger charge is -2.29. The smallest absolute Gasteiger partial charge is 0.261 e. The Hall–Kier alpha value is -2.05. The molecule has 2 atom stereocenters. The number of amides is 2. The van der Waals surface area contributed by atoms with E-state index in [9.17, 15) is 9.59 Å². The van der Waals surface area contributed by atoms with E-state index >= 15 is 0 Å². The van der Waals surface area contributed by atoms with Crippen LogP contribution in [0.1, 0.15) is 45.2 Å². The van der Waals surface area contributed by atoms with Gasteiger partial charge in [-0.05, 0) is 78.0 Å². The zero-order valence-electron chi connectivity index (χ0n) is 18.5. The zero-order valence-corrected chi connectivity index (χ0v) is 20.8. The van der Waals surface area contributed by atoms with Gasteiger partial charge in [0.05, 0.1) is 4.47 Å². The maximum absolute atomic E-state index is 13.1. The first kappa shape index (κ1) is 25.2. The molecule has 31 heavy (non-hydrogen) atoms. The van der Waals surface area contributed by atoms with Gasteiger partial charge in [-0.1, -0.05) is 43.6 Å². The first-order valence-corrected chi connectivity index (χ1v) is 11.7. The van der Waals surface area contributed by atoms with Gasteiger partial charge in [0.25, 0.3) is 5.91 Å². The monoisotopic (exact) mass is 508 g/mol. The van der Waals surface area contributed by atoms with E-state index in [1.807, 2.05) is 44.2 Å². The summed E-state index contributed by atoms with van der Waals surface area (Å²) in [5.74, 6) is 0.112. The average Bonchev–Trinajstić information content (AvgIpc) is 2.75. The van der Waals surface area contributed by atoms with E-state index in [2.05, 4.69) is 28.2 Å². The third kappa shape index (κ3) is 7.54. The lowest BCUT2D eigenvalue weighted by Crippen LogP contribution is -2.50. The van der Waals surface area contributed by atoms with Crippen LogP contribution < -0.4 is 10.1 Å². The van der Waals surface area contributed by atoms with Crippen LogP contribution >= 0.6 is 27.5 Å². The fraction of sp³-hybridized carbons (Fsp3) is 0.417. The van der Waals surface area contributed by atoms with E-state index in [1.54, 1.807) is 19.1 Å². The molecule has 2 amide bonds. The summed E-state index contributed by atoms with van der Waals surface area (Å²) >= 11 is 9.60. The summed E-state index contributed by atoms with van der Waals surface area (Å²) in [7, 11) is 0. The number of aryl methyl sites for hydroxylation is 1. The summed E-state index contributed by atoms with van der Waals surface area (Å²) in [6.07, 6.45) is 1.72. The van der Waals surface area contributed by atoms with E-state index in [-0.39, 0.29) is 31.0 Å². The molecule has 0 spiro atoms. The van der Waals surface area contributed by atoms with Gasteiger partial charge in [-0.25, -0.2) is 0 Å². The highest BCUT2D eigenvalue weighted by atomic mass is 79.9. The molecule has 1 N–H and O–H groups in total. The molecule has 0 bridgehead atoms. The van der Waals surface area contributed by atoms with Gasteiger partial charge in [0, 0.05) is 17.6 Å². The molecule has 0 aliphatic carbocycles. The largest absolute Gasteiger partial charge is 0.483 e. The number of hydrogen-bond donors (Lipinski definition) is 1. The summed E-state index contributed by atoms with van der Waals surface area (Å²) in [6, 6.07) is 12.4. The van der Waals surface area contributed by atoms with Crippen molar-refractivity contribution in [1.29, 1.82) is 0 Å². The number of benzene rings is 2. The van der Waals surface area contributed by atoms with Crippen LogP contribution in [0.15, 0.2) is 46.9 Å². The molecular formula is C24H30BrClN2O3. The van der Waals surface area contributed by atoms with Gasteiger partial charge in [-0.15, -0.1) is 0 Å². The fourth-order valence-corrected chi connectivity index (χ4v) is 3.74. The molecule has 7 heteroatoms. The second-order valence-electron chi connectivity index (χ2n) is 7.55. The van der Waals surface area contributed by atoms with Crippen LogP contribution in [0.5, 0.6) is 5.75 Å². The number of hydrogen-bond acceptors (Lipinski definition) is 3. The second-order valence-corrected chi connectivity index (χ2v) is 8.84. The topological polar surface area (TPSA) is 58.6 Å². The Labute approximate surface area is 198 Å². The molecule has 2 aromatic rings. The van der Waals surface area contributed by atoms with Gasteiger partial charge < -0.3 is 15.0 Å². The number of carbonyl (C=O) groups is 2. The van der Waals surface area contributed by atoms with Crippen LogP contribution in [-0.4, -0.2) is 35.4 Å². The molecule has 0 aromatic heterocycles. The van der Waals surface area contributed by atoms with E-state index in [0.29, 0.717) is 10.8 Å². The van der Waals surface area contributed by atoms with Gasteiger partial charge >= 0.3 is 0 Å². The number of halogens is 2. The highest BCUT2D eigenvalue weighted by Crippen LogP contribution is 2.26. The Balaban J connectivity index is 2.17. The summed E-state index contributed by atoms with van der Waals surface area (Å²) in [5.41, 5.74) is 2.01. The molecular weight excluding hydrogens is 480 g/mol. The summed E-state index contributed by atoms with van der Waals surface area (Å²) in [5, 5.41) is 3.53.